The molecular formula is C8H7N5O3. The minimum atomic E-state index is -0.553. The number of nitrogens with two attached hydrogens (primary N) is 1. The minimum Gasteiger partial charge on any atom is -0.423 e. The quantitative estimate of drug-likeness (QED) is 0.300. The van der Waals surface area contributed by atoms with Crippen LogP contribution in [0.1, 0.15) is 0 Å². The molecular weight excluding hydrogens is 214 g/mol. The first-order valence-electron chi connectivity index (χ1n) is 4.23. The Morgan fingerprint density at radius 3 is 3.00 bits per heavy atom. The summed E-state index contributed by atoms with van der Waals surface area (Å²) in [5.41, 5.74) is 5.31. The van der Waals surface area contributed by atoms with E-state index in [2.05, 4.69) is 10.3 Å². The van der Waals surface area contributed by atoms with E-state index in [1.54, 1.807) is 6.07 Å². The fraction of sp³-hybridized carbons (Fsp3) is 0. The number of anilines is 1. The van der Waals surface area contributed by atoms with E-state index in [9.17, 15) is 10.1 Å². The zero-order chi connectivity index (χ0) is 11.7. The van der Waals surface area contributed by atoms with Crippen LogP contribution in [0.2, 0.25) is 0 Å². The van der Waals surface area contributed by atoms with Gasteiger partial charge in [-0.05, 0) is 6.07 Å². The topological polar surface area (TPSA) is 131 Å². The lowest BCUT2D eigenvalue weighted by Crippen LogP contribution is -2.20. The summed E-state index contributed by atoms with van der Waals surface area (Å²) >= 11 is 0. The van der Waals surface area contributed by atoms with E-state index in [1.165, 1.54) is 12.1 Å². The van der Waals surface area contributed by atoms with Crippen molar-refractivity contribution in [2.24, 2.45) is 5.73 Å². The van der Waals surface area contributed by atoms with E-state index < -0.39 is 4.92 Å². The molecule has 0 fully saturated rings. The van der Waals surface area contributed by atoms with Crippen molar-refractivity contribution in [3.05, 3.63) is 28.3 Å². The Hall–Kier alpha value is -2.64. The molecule has 1 aromatic heterocycles. The van der Waals surface area contributed by atoms with Crippen LogP contribution in [-0.2, 0) is 0 Å². The van der Waals surface area contributed by atoms with E-state index >= 15 is 0 Å². The Morgan fingerprint density at radius 1 is 1.62 bits per heavy atom. The van der Waals surface area contributed by atoms with Gasteiger partial charge in [-0.3, -0.25) is 20.8 Å². The smallest absolute Gasteiger partial charge is 0.302 e. The van der Waals surface area contributed by atoms with Gasteiger partial charge in [-0.2, -0.15) is 4.98 Å². The first-order valence-corrected chi connectivity index (χ1v) is 4.23. The largest absolute Gasteiger partial charge is 0.423 e. The fourth-order valence-electron chi connectivity index (χ4n) is 1.25. The van der Waals surface area contributed by atoms with Crippen molar-refractivity contribution >= 4 is 28.8 Å². The number of nitrogens with zero attached hydrogens (tertiary/aromatic N) is 2. The van der Waals surface area contributed by atoms with Gasteiger partial charge in [-0.25, -0.2) is 0 Å². The Labute approximate surface area is 88.7 Å². The number of fused-ring (bicyclic) bond motifs is 1. The van der Waals surface area contributed by atoms with Crippen LogP contribution in [0.4, 0.5) is 11.7 Å². The average molecular weight is 221 g/mol. The molecule has 0 atom stereocenters. The number of benzene rings is 1. The summed E-state index contributed by atoms with van der Waals surface area (Å²) in [6.45, 7) is 0. The molecule has 1 heterocycles. The van der Waals surface area contributed by atoms with Crippen LogP contribution in [0.3, 0.4) is 0 Å². The third-order valence-corrected chi connectivity index (χ3v) is 1.84. The van der Waals surface area contributed by atoms with E-state index in [0.29, 0.717) is 0 Å². The summed E-state index contributed by atoms with van der Waals surface area (Å²) in [5.74, 6) is -0.353. The number of nitro groups is 1. The minimum absolute atomic E-state index is 0.0446. The maximum Gasteiger partial charge on any atom is 0.302 e. The molecule has 0 saturated heterocycles. The summed E-state index contributed by atoms with van der Waals surface area (Å²) in [6.07, 6.45) is 0. The normalized spacial score (nSPS) is 10.2. The van der Waals surface area contributed by atoms with Gasteiger partial charge in [0.05, 0.1) is 4.92 Å². The molecule has 2 aromatic rings. The molecule has 0 aliphatic carbocycles. The summed E-state index contributed by atoms with van der Waals surface area (Å²) in [7, 11) is 0. The first-order chi connectivity index (χ1) is 7.58. The fourth-order valence-corrected chi connectivity index (χ4v) is 1.25. The molecule has 0 aliphatic heterocycles. The number of rotatable bonds is 2. The molecule has 82 valence electrons. The second-order valence-electron chi connectivity index (χ2n) is 2.94. The number of non-ortho nitro benzene ring substituents is 1. The third kappa shape index (κ3) is 1.63. The molecule has 8 nitrogen and oxygen atoms in total. The van der Waals surface area contributed by atoms with E-state index in [4.69, 9.17) is 15.6 Å². The molecule has 0 amide bonds. The molecule has 0 aliphatic rings. The molecule has 16 heavy (non-hydrogen) atoms. The maximum atomic E-state index is 10.7. The first kappa shape index (κ1) is 9.90. The van der Waals surface area contributed by atoms with Crippen molar-refractivity contribution in [2.45, 2.75) is 0 Å². The van der Waals surface area contributed by atoms with Gasteiger partial charge in [0.2, 0.25) is 0 Å². The molecule has 2 rings (SSSR count). The number of hydrogen-bond donors (Lipinski definition) is 3. The van der Waals surface area contributed by atoms with Gasteiger partial charge in [-0.15, -0.1) is 0 Å². The predicted octanol–water partition coefficient (Wildman–Crippen LogP) is 1.04. The molecule has 0 unspecified atom stereocenters. The monoisotopic (exact) mass is 221 g/mol. The van der Waals surface area contributed by atoms with Crippen LogP contribution in [-0.4, -0.2) is 15.9 Å². The van der Waals surface area contributed by atoms with Crippen molar-refractivity contribution in [3.8, 4) is 0 Å². The highest BCUT2D eigenvalue weighted by Gasteiger charge is 2.17. The summed E-state index contributed by atoms with van der Waals surface area (Å²) in [6, 6.07) is 4.31. The third-order valence-electron chi connectivity index (χ3n) is 1.84. The van der Waals surface area contributed by atoms with Crippen molar-refractivity contribution in [3.63, 3.8) is 0 Å². The SMILES string of the molecule is N=C(N)Nc1nc2c([N+](=O)[O-])cccc2o1. The summed E-state index contributed by atoms with van der Waals surface area (Å²) in [5, 5.41) is 20.0. The summed E-state index contributed by atoms with van der Waals surface area (Å²) < 4.78 is 5.12. The van der Waals surface area contributed by atoms with Crippen LogP contribution < -0.4 is 11.1 Å². The molecule has 0 bridgehead atoms. The Morgan fingerprint density at radius 2 is 2.38 bits per heavy atom. The number of guanidine groups is 1. The molecule has 0 saturated carbocycles. The van der Waals surface area contributed by atoms with Crippen LogP contribution in [0, 0.1) is 15.5 Å². The molecule has 1 aromatic carbocycles. The zero-order valence-electron chi connectivity index (χ0n) is 7.93. The van der Waals surface area contributed by atoms with Gasteiger partial charge in [0.1, 0.15) is 0 Å². The van der Waals surface area contributed by atoms with Crippen molar-refractivity contribution in [1.29, 1.82) is 5.41 Å². The Balaban J connectivity index is 2.56. The van der Waals surface area contributed by atoms with Gasteiger partial charge in [0.25, 0.3) is 5.69 Å². The number of aromatic nitrogens is 1. The number of nitro benzene ring substituents is 1. The molecule has 0 spiro atoms. The lowest BCUT2D eigenvalue weighted by atomic mass is 10.3. The zero-order valence-corrected chi connectivity index (χ0v) is 7.93. The summed E-state index contributed by atoms with van der Waals surface area (Å²) in [4.78, 5) is 14.0. The Bertz CT molecular complexity index is 576. The second-order valence-corrected chi connectivity index (χ2v) is 2.94. The van der Waals surface area contributed by atoms with Crippen LogP contribution in [0.15, 0.2) is 22.6 Å². The second kappa shape index (κ2) is 3.50. The molecule has 4 N–H and O–H groups in total. The van der Waals surface area contributed by atoms with Gasteiger partial charge in [0, 0.05) is 6.07 Å². The number of hydrogen-bond acceptors (Lipinski definition) is 5. The number of oxazole rings is 1. The van der Waals surface area contributed by atoms with Gasteiger partial charge >= 0.3 is 6.01 Å². The highest BCUT2D eigenvalue weighted by molar-refractivity contribution is 5.90. The van der Waals surface area contributed by atoms with E-state index in [1.807, 2.05) is 0 Å². The van der Waals surface area contributed by atoms with Crippen molar-refractivity contribution < 1.29 is 9.34 Å². The van der Waals surface area contributed by atoms with Crippen LogP contribution >= 0.6 is 0 Å². The lowest BCUT2D eigenvalue weighted by molar-refractivity contribution is -0.383. The molecule has 0 radical (unpaired) electrons. The van der Waals surface area contributed by atoms with E-state index in [0.717, 1.165) is 0 Å². The van der Waals surface area contributed by atoms with Crippen molar-refractivity contribution in [2.75, 3.05) is 5.32 Å². The van der Waals surface area contributed by atoms with Crippen LogP contribution in [0.25, 0.3) is 11.1 Å². The predicted molar refractivity (Wildman–Crippen MR) is 56.2 cm³/mol. The molecule has 8 heteroatoms. The maximum absolute atomic E-state index is 10.7. The Kier molecular flexibility index (Phi) is 2.16. The van der Waals surface area contributed by atoms with Crippen LogP contribution in [0.5, 0.6) is 0 Å². The highest BCUT2D eigenvalue weighted by Crippen LogP contribution is 2.26. The standard InChI is InChI=1S/C8H7N5O3/c9-7(10)12-8-11-6-4(13(14)15)2-1-3-5(6)16-8/h1-3H,(H4,9,10,11,12). The lowest BCUT2D eigenvalue weighted by Gasteiger charge is -1.93. The highest BCUT2D eigenvalue weighted by atomic mass is 16.6. The van der Waals surface area contributed by atoms with Gasteiger partial charge in [-0.1, -0.05) is 6.07 Å². The number of nitrogens with one attached hydrogen (secondary N) is 2. The van der Waals surface area contributed by atoms with Gasteiger partial charge in [0.15, 0.2) is 17.1 Å². The van der Waals surface area contributed by atoms with E-state index in [-0.39, 0.29) is 28.8 Å². The van der Waals surface area contributed by atoms with Crippen molar-refractivity contribution in [1.82, 2.24) is 4.98 Å². The van der Waals surface area contributed by atoms with Gasteiger partial charge < -0.3 is 10.2 Å². The number of para-hydroxylation sites is 1. The average Bonchev–Trinajstić information content (AvgIpc) is 2.57.